The summed E-state index contributed by atoms with van der Waals surface area (Å²) in [5.74, 6) is -4.12. The lowest BCUT2D eigenvalue weighted by atomic mass is 10.0. The van der Waals surface area contributed by atoms with Crippen LogP contribution in [0.4, 0.5) is 23.5 Å². The van der Waals surface area contributed by atoms with E-state index in [0.717, 1.165) is 12.1 Å². The van der Waals surface area contributed by atoms with E-state index in [4.69, 9.17) is 0 Å². The van der Waals surface area contributed by atoms with Crippen molar-refractivity contribution in [2.75, 3.05) is 19.0 Å². The van der Waals surface area contributed by atoms with Gasteiger partial charge in [0.15, 0.2) is 5.65 Å². The van der Waals surface area contributed by atoms with Gasteiger partial charge in [0.2, 0.25) is 5.95 Å². The van der Waals surface area contributed by atoms with E-state index in [9.17, 15) is 22.4 Å². The monoisotopic (exact) mass is 411 g/mol. The van der Waals surface area contributed by atoms with Gasteiger partial charge in [0.1, 0.15) is 23.6 Å². The number of fused-ring (bicyclic) bond motifs is 1. The summed E-state index contributed by atoms with van der Waals surface area (Å²) in [5.41, 5.74) is -0.840. The van der Waals surface area contributed by atoms with Crippen molar-refractivity contribution in [2.45, 2.75) is 38.9 Å². The molecule has 1 atom stereocenters. The van der Waals surface area contributed by atoms with Crippen molar-refractivity contribution in [3.05, 3.63) is 51.2 Å². The quantitative estimate of drug-likeness (QED) is 0.625. The molecule has 156 valence electrons. The Kier molecular flexibility index (Phi) is 5.38. The smallest absolute Gasteiger partial charge is 0.273 e. The minimum Gasteiger partial charge on any atom is -0.348 e. The topological polar surface area (TPSA) is 66.8 Å². The Balaban J connectivity index is 2.22. The predicted molar refractivity (Wildman–Crippen MR) is 102 cm³/mol. The van der Waals surface area contributed by atoms with E-state index in [1.54, 1.807) is 25.9 Å². The third kappa shape index (κ3) is 3.70. The van der Waals surface area contributed by atoms with Gasteiger partial charge in [-0.3, -0.25) is 9.78 Å². The highest BCUT2D eigenvalue weighted by Crippen LogP contribution is 2.33. The largest absolute Gasteiger partial charge is 0.348 e. The number of H-pyrrole nitrogens is 1. The molecular formula is C19H21F4N5O. The zero-order valence-corrected chi connectivity index (χ0v) is 16.4. The molecule has 0 bridgehead atoms. The van der Waals surface area contributed by atoms with Crippen LogP contribution < -0.4 is 10.5 Å². The van der Waals surface area contributed by atoms with Gasteiger partial charge in [-0.25, -0.2) is 22.2 Å². The Morgan fingerprint density at radius 3 is 2.52 bits per heavy atom. The number of hydrogen-bond acceptors (Lipinski definition) is 4. The van der Waals surface area contributed by atoms with Crippen molar-refractivity contribution in [2.24, 2.45) is 0 Å². The minimum atomic E-state index is -3.32. The molecule has 0 radical (unpaired) electrons. The number of nitrogens with zero attached hydrogens (tertiary/aromatic N) is 4. The number of aromatic nitrogens is 4. The lowest BCUT2D eigenvalue weighted by molar-refractivity contribution is 0.0137. The summed E-state index contributed by atoms with van der Waals surface area (Å²) in [6, 6.07) is 2.80. The third-order valence-electron chi connectivity index (χ3n) is 4.70. The van der Waals surface area contributed by atoms with E-state index in [2.05, 4.69) is 15.1 Å². The van der Waals surface area contributed by atoms with Gasteiger partial charge in [0.05, 0.1) is 11.6 Å². The first kappa shape index (κ1) is 20.8. The van der Waals surface area contributed by atoms with Crippen LogP contribution in [0.3, 0.4) is 0 Å². The first-order valence-corrected chi connectivity index (χ1v) is 9.00. The Labute approximate surface area is 164 Å². The standard InChI is InChI=1S/C19H21F4N5O/c1-5-14(10-6-7-11(12(21)8-10)19(2,22)23)28-16-15(13(9-20)26-28)17(29)25-18(24-16)27(3)4/h6-8,14H,5,9H2,1-4H3,(H,24,25,29)/t14-/m1/s1. The number of rotatable bonds is 6. The Hall–Kier alpha value is -2.91. The second-order valence-electron chi connectivity index (χ2n) is 7.06. The highest BCUT2D eigenvalue weighted by atomic mass is 19.3. The Morgan fingerprint density at radius 1 is 1.31 bits per heavy atom. The van der Waals surface area contributed by atoms with Crippen molar-refractivity contribution in [1.29, 1.82) is 0 Å². The number of nitrogens with one attached hydrogen (secondary N) is 1. The third-order valence-corrected chi connectivity index (χ3v) is 4.70. The molecule has 0 spiro atoms. The Bertz CT molecular complexity index is 1100. The molecule has 1 aromatic carbocycles. The fourth-order valence-electron chi connectivity index (χ4n) is 3.27. The van der Waals surface area contributed by atoms with Crippen LogP contribution in [0.5, 0.6) is 0 Å². The molecular weight excluding hydrogens is 390 g/mol. The second kappa shape index (κ2) is 7.49. The van der Waals surface area contributed by atoms with E-state index in [1.165, 1.54) is 10.7 Å². The number of anilines is 1. The zero-order chi connectivity index (χ0) is 21.5. The average molecular weight is 411 g/mol. The summed E-state index contributed by atoms with van der Waals surface area (Å²) in [6.07, 6.45) is 0.385. The predicted octanol–water partition coefficient (Wildman–Crippen LogP) is 3.91. The maximum absolute atomic E-state index is 14.3. The van der Waals surface area contributed by atoms with Gasteiger partial charge < -0.3 is 4.90 Å². The molecule has 3 aromatic rings. The maximum atomic E-state index is 14.3. The van der Waals surface area contributed by atoms with Crippen molar-refractivity contribution in [3.63, 3.8) is 0 Å². The number of hydrogen-bond donors (Lipinski definition) is 1. The van der Waals surface area contributed by atoms with Gasteiger partial charge in [-0.15, -0.1) is 0 Å². The van der Waals surface area contributed by atoms with Gasteiger partial charge in [0, 0.05) is 21.0 Å². The molecule has 0 fully saturated rings. The fourth-order valence-corrected chi connectivity index (χ4v) is 3.27. The van der Waals surface area contributed by atoms with E-state index in [1.807, 2.05) is 0 Å². The molecule has 1 N–H and O–H groups in total. The summed E-state index contributed by atoms with van der Waals surface area (Å²) in [6.45, 7) is 1.42. The average Bonchev–Trinajstić information content (AvgIpc) is 3.00. The number of benzene rings is 1. The summed E-state index contributed by atoms with van der Waals surface area (Å²) in [5, 5.41) is 4.20. The number of aromatic amines is 1. The summed E-state index contributed by atoms with van der Waals surface area (Å²) in [7, 11) is 3.36. The van der Waals surface area contributed by atoms with E-state index >= 15 is 0 Å². The van der Waals surface area contributed by atoms with Crippen LogP contribution in [0.2, 0.25) is 0 Å². The van der Waals surface area contributed by atoms with Crippen LogP contribution in [-0.4, -0.2) is 33.8 Å². The molecule has 0 aliphatic rings. The molecule has 2 aromatic heterocycles. The molecule has 29 heavy (non-hydrogen) atoms. The lowest BCUT2D eigenvalue weighted by Crippen LogP contribution is -2.20. The van der Waals surface area contributed by atoms with E-state index in [0.29, 0.717) is 18.9 Å². The molecule has 0 aliphatic carbocycles. The van der Waals surface area contributed by atoms with Crippen LogP contribution in [0, 0.1) is 5.82 Å². The first-order chi connectivity index (χ1) is 13.6. The molecule has 0 amide bonds. The van der Waals surface area contributed by atoms with Crippen molar-refractivity contribution < 1.29 is 17.6 Å². The molecule has 6 nitrogen and oxygen atoms in total. The molecule has 3 rings (SSSR count). The number of alkyl halides is 3. The highest BCUT2D eigenvalue weighted by molar-refractivity contribution is 5.78. The first-order valence-electron chi connectivity index (χ1n) is 9.00. The zero-order valence-electron chi connectivity index (χ0n) is 16.4. The highest BCUT2D eigenvalue weighted by Gasteiger charge is 2.29. The Morgan fingerprint density at radius 2 is 2.00 bits per heavy atom. The minimum absolute atomic E-state index is 0.00809. The van der Waals surface area contributed by atoms with Gasteiger partial charge in [-0.2, -0.15) is 10.1 Å². The molecule has 0 aliphatic heterocycles. The molecule has 2 heterocycles. The van der Waals surface area contributed by atoms with Crippen molar-refractivity contribution in [1.82, 2.24) is 19.7 Å². The van der Waals surface area contributed by atoms with Crippen LogP contribution in [0.1, 0.15) is 43.1 Å². The normalized spacial score (nSPS) is 13.1. The molecule has 0 unspecified atom stereocenters. The second-order valence-corrected chi connectivity index (χ2v) is 7.06. The summed E-state index contributed by atoms with van der Waals surface area (Å²) >= 11 is 0. The maximum Gasteiger partial charge on any atom is 0.273 e. The van der Waals surface area contributed by atoms with E-state index in [-0.39, 0.29) is 22.7 Å². The molecule has 10 heteroatoms. The van der Waals surface area contributed by atoms with Crippen molar-refractivity contribution >= 4 is 17.0 Å². The molecule has 0 saturated carbocycles. The van der Waals surface area contributed by atoms with E-state index < -0.39 is 35.6 Å². The van der Waals surface area contributed by atoms with Crippen LogP contribution in [0.15, 0.2) is 23.0 Å². The van der Waals surface area contributed by atoms with Gasteiger partial charge >= 0.3 is 0 Å². The van der Waals surface area contributed by atoms with Gasteiger partial charge in [-0.1, -0.05) is 13.0 Å². The number of halogens is 4. The summed E-state index contributed by atoms with van der Waals surface area (Å²) < 4.78 is 56.2. The van der Waals surface area contributed by atoms with Crippen LogP contribution in [0.25, 0.3) is 11.0 Å². The molecule has 0 saturated heterocycles. The van der Waals surface area contributed by atoms with Crippen molar-refractivity contribution in [3.8, 4) is 0 Å². The van der Waals surface area contributed by atoms with Crippen LogP contribution in [-0.2, 0) is 12.6 Å². The lowest BCUT2D eigenvalue weighted by Gasteiger charge is -2.19. The van der Waals surface area contributed by atoms with Gasteiger partial charge in [-0.05, 0) is 24.1 Å². The fraction of sp³-hybridized carbons (Fsp3) is 0.421. The van der Waals surface area contributed by atoms with Crippen LogP contribution >= 0.6 is 0 Å². The summed E-state index contributed by atoms with van der Waals surface area (Å²) in [4.78, 5) is 21.0. The SMILES string of the molecule is CC[C@H](c1ccc(C(C)(F)F)c(F)c1)n1nc(CF)c2c(=O)[nH]c(N(C)C)nc21. The van der Waals surface area contributed by atoms with Gasteiger partial charge in [0.25, 0.3) is 11.5 Å².